The van der Waals surface area contributed by atoms with Crippen LogP contribution in [0.5, 0.6) is 0 Å². The normalized spacial score (nSPS) is 17.1. The molecule has 204 valence electrons. The smallest absolute Gasteiger partial charge is 0.337 e. The van der Waals surface area contributed by atoms with Crippen molar-refractivity contribution in [2.45, 2.75) is 36.4 Å². The van der Waals surface area contributed by atoms with Gasteiger partial charge in [0.15, 0.2) is 10.1 Å². The van der Waals surface area contributed by atoms with E-state index in [0.29, 0.717) is 45.6 Å². The Kier molecular flexibility index (Phi) is 7.95. The topological polar surface area (TPSA) is 162 Å². The van der Waals surface area contributed by atoms with Crippen molar-refractivity contribution in [2.75, 3.05) is 16.0 Å². The van der Waals surface area contributed by atoms with Crippen molar-refractivity contribution in [3.8, 4) is 6.07 Å². The molecule has 0 fully saturated rings. The second-order valence-electron chi connectivity index (χ2n) is 8.95. The van der Waals surface area contributed by atoms with Crippen LogP contribution in [0.3, 0.4) is 0 Å². The number of carbonyl (C=O) groups is 3. The number of nitrogens with one attached hydrogen (secondary N) is 1. The number of amides is 1. The predicted octanol–water partition coefficient (Wildman–Crippen LogP) is 5.30. The highest BCUT2D eigenvalue weighted by Gasteiger charge is 2.41. The third kappa shape index (κ3) is 5.35. The lowest BCUT2D eigenvalue weighted by atomic mass is 9.78. The van der Waals surface area contributed by atoms with Crippen LogP contribution >= 0.6 is 46.0 Å². The molecule has 0 saturated heterocycles. The standard InChI is InChI=1S/C26H21ClN6O4S3/c1-12-5-8-19(39-12)21-15(10-28)23(29)33(17-3-2-4-18(34)22(17)21)25-31-32-26(40-25)38-11-20(35)30-13-6-7-16(27)14(9-13)24(36)37/h5-9,21H,2-4,11,29H2,1H3,(H,30,35)(H,36,37). The number of carboxylic acid groups (broad SMARTS) is 1. The number of thioether (sulfide) groups is 1. The van der Waals surface area contributed by atoms with Crippen LogP contribution in [0.1, 0.15) is 45.3 Å². The average Bonchev–Trinajstić information content (AvgIpc) is 3.57. The minimum atomic E-state index is -1.20. The fourth-order valence-electron chi connectivity index (χ4n) is 4.64. The van der Waals surface area contributed by atoms with E-state index in [4.69, 9.17) is 17.3 Å². The van der Waals surface area contributed by atoms with E-state index in [0.717, 1.165) is 27.2 Å². The Balaban J connectivity index is 1.37. The Hall–Kier alpha value is -3.70. The Morgan fingerprint density at radius 1 is 1.27 bits per heavy atom. The molecule has 3 aromatic rings. The highest BCUT2D eigenvalue weighted by atomic mass is 35.5. The maximum Gasteiger partial charge on any atom is 0.337 e. The third-order valence-corrected chi connectivity index (χ3v) is 9.79. The van der Waals surface area contributed by atoms with Crippen LogP contribution in [-0.4, -0.2) is 38.7 Å². The first-order valence-electron chi connectivity index (χ1n) is 12.0. The number of Topliss-reactive ketones (excluding diaryl/α,β-unsaturated/α-hetero) is 1. The summed E-state index contributed by atoms with van der Waals surface area (Å²) in [6.07, 6.45) is 1.67. The van der Waals surface area contributed by atoms with Gasteiger partial charge in [0.1, 0.15) is 5.82 Å². The number of nitriles is 1. The van der Waals surface area contributed by atoms with Gasteiger partial charge in [-0.2, -0.15) is 5.26 Å². The number of anilines is 2. The Bertz CT molecular complexity index is 1650. The van der Waals surface area contributed by atoms with Crippen LogP contribution in [0.4, 0.5) is 10.8 Å². The third-order valence-electron chi connectivity index (χ3n) is 6.35. The van der Waals surface area contributed by atoms with Crippen LogP contribution in [-0.2, 0) is 9.59 Å². The molecular weight excluding hydrogens is 592 g/mol. The number of aromatic nitrogens is 2. The van der Waals surface area contributed by atoms with E-state index in [1.165, 1.54) is 40.9 Å². The molecule has 0 bridgehead atoms. The zero-order valence-electron chi connectivity index (χ0n) is 20.9. The summed E-state index contributed by atoms with van der Waals surface area (Å²) in [6.45, 7) is 1.98. The van der Waals surface area contributed by atoms with Crippen LogP contribution < -0.4 is 16.0 Å². The zero-order chi connectivity index (χ0) is 28.6. The molecule has 1 amide bonds. The molecule has 40 heavy (non-hydrogen) atoms. The van der Waals surface area contributed by atoms with Crippen LogP contribution in [0.2, 0.25) is 5.02 Å². The number of hydrogen-bond acceptors (Lipinski definition) is 11. The molecule has 1 atom stereocenters. The van der Waals surface area contributed by atoms with Gasteiger partial charge >= 0.3 is 5.97 Å². The summed E-state index contributed by atoms with van der Waals surface area (Å²) < 4.78 is 0.485. The minimum Gasteiger partial charge on any atom is -0.478 e. The molecule has 14 heteroatoms. The Morgan fingerprint density at radius 2 is 2.08 bits per heavy atom. The number of nitrogens with zero attached hydrogens (tertiary/aromatic N) is 4. The molecule has 0 spiro atoms. The van der Waals surface area contributed by atoms with Gasteiger partial charge in [-0.1, -0.05) is 34.7 Å². The molecule has 3 heterocycles. The van der Waals surface area contributed by atoms with E-state index in [-0.39, 0.29) is 33.9 Å². The molecule has 0 saturated carbocycles. The first-order chi connectivity index (χ1) is 19.2. The maximum atomic E-state index is 13.2. The first kappa shape index (κ1) is 27.9. The molecule has 2 aromatic heterocycles. The van der Waals surface area contributed by atoms with E-state index in [1.54, 1.807) is 4.90 Å². The number of ketones is 1. The number of allylic oxidation sites excluding steroid dienone is 3. The number of nitrogens with two attached hydrogens (primary N) is 1. The van der Waals surface area contributed by atoms with Crippen molar-refractivity contribution >= 4 is 74.5 Å². The second-order valence-corrected chi connectivity index (χ2v) is 12.9. The van der Waals surface area contributed by atoms with Crippen LogP contribution in [0, 0.1) is 18.3 Å². The van der Waals surface area contributed by atoms with E-state index >= 15 is 0 Å². The molecule has 10 nitrogen and oxygen atoms in total. The Morgan fingerprint density at radius 3 is 2.77 bits per heavy atom. The predicted molar refractivity (Wildman–Crippen MR) is 155 cm³/mol. The van der Waals surface area contributed by atoms with Crippen molar-refractivity contribution in [3.05, 3.63) is 73.3 Å². The van der Waals surface area contributed by atoms with E-state index in [2.05, 4.69) is 21.6 Å². The van der Waals surface area contributed by atoms with Crippen molar-refractivity contribution in [3.63, 3.8) is 0 Å². The van der Waals surface area contributed by atoms with Gasteiger partial charge in [0.05, 0.1) is 33.9 Å². The summed E-state index contributed by atoms with van der Waals surface area (Å²) in [4.78, 5) is 40.6. The minimum absolute atomic E-state index is 0.00778. The molecule has 1 aliphatic carbocycles. The molecule has 2 aliphatic rings. The number of carboxylic acids is 1. The van der Waals surface area contributed by atoms with E-state index < -0.39 is 11.9 Å². The second kappa shape index (κ2) is 11.4. The maximum absolute atomic E-state index is 13.2. The quantitative estimate of drug-likeness (QED) is 0.299. The van der Waals surface area contributed by atoms with Gasteiger partial charge in [0.2, 0.25) is 11.0 Å². The van der Waals surface area contributed by atoms with Crippen LogP contribution in [0.25, 0.3) is 0 Å². The number of hydrogen-bond donors (Lipinski definition) is 3. The number of carbonyl (C=O) groups excluding carboxylic acids is 2. The first-order valence-corrected chi connectivity index (χ1v) is 15.0. The summed E-state index contributed by atoms with van der Waals surface area (Å²) >= 11 is 9.77. The summed E-state index contributed by atoms with van der Waals surface area (Å²) in [5.41, 5.74) is 8.36. The van der Waals surface area contributed by atoms with E-state index in [1.807, 2.05) is 19.1 Å². The lowest BCUT2D eigenvalue weighted by Crippen LogP contribution is -2.38. The van der Waals surface area contributed by atoms with Gasteiger partial charge in [0.25, 0.3) is 0 Å². The zero-order valence-corrected chi connectivity index (χ0v) is 24.1. The summed E-state index contributed by atoms with van der Waals surface area (Å²) in [7, 11) is 0. The fraction of sp³-hybridized carbons (Fsp3) is 0.231. The fourth-order valence-corrected chi connectivity index (χ4v) is 7.52. The molecule has 0 radical (unpaired) electrons. The monoisotopic (exact) mass is 612 g/mol. The van der Waals surface area contributed by atoms with Gasteiger partial charge in [0, 0.05) is 33.1 Å². The van der Waals surface area contributed by atoms with Crippen LogP contribution in [0.15, 0.2) is 57.3 Å². The van der Waals surface area contributed by atoms with Crippen molar-refractivity contribution < 1.29 is 19.5 Å². The van der Waals surface area contributed by atoms with Crippen molar-refractivity contribution in [1.29, 1.82) is 5.26 Å². The lowest BCUT2D eigenvalue weighted by molar-refractivity contribution is -0.116. The van der Waals surface area contributed by atoms with E-state index in [9.17, 15) is 24.8 Å². The van der Waals surface area contributed by atoms with Crippen molar-refractivity contribution in [2.24, 2.45) is 5.73 Å². The number of aryl methyl sites for hydroxylation is 1. The van der Waals surface area contributed by atoms with Gasteiger partial charge in [-0.05, 0) is 50.1 Å². The number of benzene rings is 1. The van der Waals surface area contributed by atoms with Gasteiger partial charge in [-0.25, -0.2) is 4.79 Å². The highest BCUT2D eigenvalue weighted by molar-refractivity contribution is 8.01. The van der Waals surface area contributed by atoms with Gasteiger partial charge < -0.3 is 16.2 Å². The molecule has 5 rings (SSSR count). The number of aromatic carboxylic acids is 1. The number of halogens is 1. The summed E-state index contributed by atoms with van der Waals surface area (Å²) in [5, 5.41) is 30.9. The summed E-state index contributed by atoms with van der Waals surface area (Å²) in [5.74, 6) is -1.89. The largest absolute Gasteiger partial charge is 0.478 e. The number of rotatable bonds is 7. The summed E-state index contributed by atoms with van der Waals surface area (Å²) in [6, 6.07) is 10.3. The molecule has 1 aromatic carbocycles. The lowest BCUT2D eigenvalue weighted by Gasteiger charge is -2.37. The van der Waals surface area contributed by atoms with Crippen molar-refractivity contribution in [1.82, 2.24) is 10.2 Å². The molecule has 4 N–H and O–H groups in total. The molecule has 1 aliphatic heterocycles. The number of thiophene rings is 1. The highest BCUT2D eigenvalue weighted by Crippen LogP contribution is 2.48. The Labute approximate surface area is 246 Å². The van der Waals surface area contributed by atoms with Gasteiger partial charge in [-0.3, -0.25) is 14.5 Å². The molecular formula is C26H21ClN6O4S3. The average molecular weight is 613 g/mol. The molecule has 1 unspecified atom stereocenters. The SMILES string of the molecule is Cc1ccc(C2C(C#N)=C(N)N(c3nnc(SCC(=O)Nc4ccc(Cl)c(C(=O)O)c4)s3)C3=C2C(=O)CCC3)s1. The van der Waals surface area contributed by atoms with Gasteiger partial charge in [-0.15, -0.1) is 21.5 Å².